The van der Waals surface area contributed by atoms with Crippen molar-refractivity contribution >= 4 is 46.2 Å². The smallest absolute Gasteiger partial charge is 0.174 e. The maximum Gasteiger partial charge on any atom is 0.174 e. The normalized spacial score (nSPS) is 10.5. The van der Waals surface area contributed by atoms with Crippen LogP contribution in [0, 0.1) is 0 Å². The number of halogens is 2. The number of hydrogen-bond acceptors (Lipinski definition) is 3. The second-order valence-electron chi connectivity index (χ2n) is 5.83. The van der Waals surface area contributed by atoms with Gasteiger partial charge in [-0.05, 0) is 66.3 Å². The van der Waals surface area contributed by atoms with Crippen LogP contribution in [0.2, 0.25) is 10.0 Å². The number of benzene rings is 2. The Morgan fingerprint density at radius 1 is 1.11 bits per heavy atom. The molecule has 0 aliphatic heterocycles. The highest BCUT2D eigenvalue weighted by Crippen LogP contribution is 2.24. The Morgan fingerprint density at radius 2 is 1.89 bits per heavy atom. The van der Waals surface area contributed by atoms with E-state index in [0.717, 1.165) is 22.8 Å². The van der Waals surface area contributed by atoms with E-state index in [-0.39, 0.29) is 0 Å². The van der Waals surface area contributed by atoms with E-state index in [9.17, 15) is 0 Å². The fourth-order valence-electron chi connectivity index (χ4n) is 2.52. The van der Waals surface area contributed by atoms with Crippen LogP contribution in [-0.2, 0) is 13.1 Å². The van der Waals surface area contributed by atoms with E-state index >= 15 is 0 Å². The number of nitrogens with one attached hydrogen (secondary N) is 1. The monoisotopic (exact) mass is 420 g/mol. The van der Waals surface area contributed by atoms with Gasteiger partial charge in [-0.15, -0.1) is 0 Å². The quantitative estimate of drug-likeness (QED) is 0.495. The summed E-state index contributed by atoms with van der Waals surface area (Å²) in [4.78, 5) is 1.98. The summed E-state index contributed by atoms with van der Waals surface area (Å²) in [5, 5.41) is 5.00. The molecule has 27 heavy (non-hydrogen) atoms. The highest BCUT2D eigenvalue weighted by Gasteiger charge is 2.15. The van der Waals surface area contributed by atoms with Crippen LogP contribution >= 0.6 is 35.4 Å². The predicted octanol–water partition coefficient (Wildman–Crippen LogP) is 5.99. The van der Waals surface area contributed by atoms with Gasteiger partial charge in [0.25, 0.3) is 0 Å². The van der Waals surface area contributed by atoms with E-state index < -0.39 is 0 Å². The first-order chi connectivity index (χ1) is 13.0. The molecule has 0 unspecified atom stereocenters. The van der Waals surface area contributed by atoms with Crippen LogP contribution in [0.25, 0.3) is 0 Å². The van der Waals surface area contributed by atoms with E-state index in [4.69, 9.17) is 44.6 Å². The number of rotatable bonds is 6. The van der Waals surface area contributed by atoms with Crippen LogP contribution < -0.4 is 10.1 Å². The number of methoxy groups -OCH3 is 1. The first-order valence-electron chi connectivity index (χ1n) is 8.21. The topological polar surface area (TPSA) is 37.6 Å². The molecule has 1 heterocycles. The van der Waals surface area contributed by atoms with Gasteiger partial charge in [0.15, 0.2) is 5.11 Å². The molecule has 0 bridgehead atoms. The maximum absolute atomic E-state index is 6.34. The summed E-state index contributed by atoms with van der Waals surface area (Å²) < 4.78 is 10.7. The maximum atomic E-state index is 6.34. The molecule has 0 saturated carbocycles. The molecule has 0 saturated heterocycles. The van der Waals surface area contributed by atoms with Crippen LogP contribution in [0.1, 0.15) is 11.3 Å². The number of furan rings is 1. The Kier molecular flexibility index (Phi) is 6.61. The van der Waals surface area contributed by atoms with Crippen molar-refractivity contribution in [3.63, 3.8) is 0 Å². The van der Waals surface area contributed by atoms with Crippen LogP contribution in [0.5, 0.6) is 5.75 Å². The Hall–Kier alpha value is -2.21. The molecule has 140 valence electrons. The van der Waals surface area contributed by atoms with Crippen LogP contribution in [0.15, 0.2) is 65.3 Å². The zero-order valence-corrected chi connectivity index (χ0v) is 16.9. The number of hydrogen-bond donors (Lipinski definition) is 1. The van der Waals surface area contributed by atoms with Gasteiger partial charge in [-0.25, -0.2) is 0 Å². The van der Waals surface area contributed by atoms with Crippen LogP contribution in [-0.4, -0.2) is 17.1 Å². The molecule has 0 aliphatic rings. The van der Waals surface area contributed by atoms with Gasteiger partial charge in [-0.1, -0.05) is 29.3 Å². The van der Waals surface area contributed by atoms with Crippen LogP contribution in [0.4, 0.5) is 5.69 Å². The van der Waals surface area contributed by atoms with Gasteiger partial charge in [-0.3, -0.25) is 0 Å². The first-order valence-corrected chi connectivity index (χ1v) is 9.38. The second kappa shape index (κ2) is 9.13. The second-order valence-corrected chi connectivity index (χ2v) is 7.06. The van der Waals surface area contributed by atoms with Gasteiger partial charge in [0.2, 0.25) is 0 Å². The summed E-state index contributed by atoms with van der Waals surface area (Å²) in [7, 11) is 1.63. The molecule has 1 N–H and O–H groups in total. The fourth-order valence-corrected chi connectivity index (χ4v) is 3.24. The summed E-state index contributed by atoms with van der Waals surface area (Å²) in [5.74, 6) is 1.59. The minimum absolute atomic E-state index is 0.508. The Labute approximate surface area is 173 Å². The van der Waals surface area contributed by atoms with E-state index in [1.54, 1.807) is 19.4 Å². The molecule has 0 aliphatic carbocycles. The molecular weight excluding hydrogens is 403 g/mol. The number of thiocarbonyl (C=S) groups is 1. The highest BCUT2D eigenvalue weighted by molar-refractivity contribution is 7.80. The Balaban J connectivity index is 1.78. The van der Waals surface area contributed by atoms with E-state index in [1.165, 1.54) is 0 Å². The average molecular weight is 421 g/mol. The summed E-state index contributed by atoms with van der Waals surface area (Å²) in [5.41, 5.74) is 1.79. The standard InChI is InChI=1S/C20H18Cl2N2O2S/c1-25-17-8-6-16(7-9-17)23-20(27)24(13-18-3-2-10-26-18)12-14-4-5-15(21)11-19(14)22/h2-11H,12-13H2,1H3,(H,23,27). The molecule has 1 aromatic heterocycles. The van der Waals surface area contributed by atoms with Gasteiger partial charge >= 0.3 is 0 Å². The Bertz CT molecular complexity index is 899. The first kappa shape index (κ1) is 19.5. The number of nitrogens with zero attached hydrogens (tertiary/aromatic N) is 1. The van der Waals surface area contributed by atoms with Crippen molar-refractivity contribution in [3.8, 4) is 5.75 Å². The molecule has 0 radical (unpaired) electrons. The fraction of sp³-hybridized carbons (Fsp3) is 0.150. The largest absolute Gasteiger partial charge is 0.497 e. The third-order valence-corrected chi connectivity index (χ3v) is 4.88. The Morgan fingerprint density at radius 3 is 2.52 bits per heavy atom. The third kappa shape index (κ3) is 5.39. The summed E-state index contributed by atoms with van der Waals surface area (Å²) >= 11 is 18.0. The predicted molar refractivity (Wildman–Crippen MR) is 114 cm³/mol. The van der Waals surface area contributed by atoms with Crippen molar-refractivity contribution in [3.05, 3.63) is 82.2 Å². The molecular formula is C20H18Cl2N2O2S. The average Bonchev–Trinajstić information content (AvgIpc) is 3.17. The molecule has 0 fully saturated rings. The number of ether oxygens (including phenoxy) is 1. The van der Waals surface area contributed by atoms with Gasteiger partial charge in [-0.2, -0.15) is 0 Å². The van der Waals surface area contributed by atoms with Crippen molar-refractivity contribution in [1.29, 1.82) is 0 Å². The molecule has 3 rings (SSSR count). The summed E-state index contributed by atoms with van der Waals surface area (Å²) in [6, 6.07) is 16.8. The molecule has 0 amide bonds. The molecule has 7 heteroatoms. The molecule has 4 nitrogen and oxygen atoms in total. The molecule has 2 aromatic carbocycles. The van der Waals surface area contributed by atoms with E-state index in [2.05, 4.69) is 5.32 Å². The van der Waals surface area contributed by atoms with Gasteiger partial charge in [0.1, 0.15) is 11.5 Å². The zero-order valence-electron chi connectivity index (χ0n) is 14.6. The van der Waals surface area contributed by atoms with Gasteiger partial charge in [0, 0.05) is 22.3 Å². The van der Waals surface area contributed by atoms with Crippen molar-refractivity contribution in [2.45, 2.75) is 13.1 Å². The minimum atomic E-state index is 0.508. The highest BCUT2D eigenvalue weighted by atomic mass is 35.5. The summed E-state index contributed by atoms with van der Waals surface area (Å²) in [6.45, 7) is 1.02. The van der Waals surface area contributed by atoms with E-state index in [1.807, 2.05) is 53.4 Å². The van der Waals surface area contributed by atoms with Crippen molar-refractivity contribution in [1.82, 2.24) is 4.90 Å². The van der Waals surface area contributed by atoms with Crippen molar-refractivity contribution < 1.29 is 9.15 Å². The van der Waals surface area contributed by atoms with Crippen molar-refractivity contribution in [2.75, 3.05) is 12.4 Å². The zero-order chi connectivity index (χ0) is 19.2. The summed E-state index contributed by atoms with van der Waals surface area (Å²) in [6.07, 6.45) is 1.64. The lowest BCUT2D eigenvalue weighted by molar-refractivity contribution is 0.360. The molecule has 0 spiro atoms. The van der Waals surface area contributed by atoms with Crippen LogP contribution in [0.3, 0.4) is 0 Å². The van der Waals surface area contributed by atoms with Gasteiger partial charge in [0.05, 0.1) is 19.9 Å². The lowest BCUT2D eigenvalue weighted by Crippen LogP contribution is -2.33. The number of anilines is 1. The minimum Gasteiger partial charge on any atom is -0.497 e. The lowest BCUT2D eigenvalue weighted by atomic mass is 10.2. The van der Waals surface area contributed by atoms with E-state index in [0.29, 0.717) is 28.2 Å². The van der Waals surface area contributed by atoms with Crippen molar-refractivity contribution in [2.24, 2.45) is 0 Å². The van der Waals surface area contributed by atoms with Gasteiger partial charge < -0.3 is 19.4 Å². The third-order valence-electron chi connectivity index (χ3n) is 3.93. The SMILES string of the molecule is COc1ccc(NC(=S)N(Cc2ccco2)Cc2ccc(Cl)cc2Cl)cc1. The lowest BCUT2D eigenvalue weighted by Gasteiger charge is -2.25. The molecule has 3 aromatic rings. The molecule has 0 atom stereocenters.